The van der Waals surface area contributed by atoms with Crippen LogP contribution in [0.1, 0.15) is 46.0 Å². The molecule has 19 heavy (non-hydrogen) atoms. The molecular formula is C16H23NO2. The minimum Gasteiger partial charge on any atom is -0.278 e. The Morgan fingerprint density at radius 3 is 2.79 bits per heavy atom. The molecule has 0 radical (unpaired) electrons. The molecule has 4 rings (SSSR count). The lowest BCUT2D eigenvalue weighted by molar-refractivity contribution is -0.169. The normalized spacial score (nSPS) is 47.9. The van der Waals surface area contributed by atoms with Crippen molar-refractivity contribution >= 4 is 11.8 Å². The number of nitrogens with zero attached hydrogens (tertiary/aromatic N) is 1. The van der Waals surface area contributed by atoms with E-state index in [4.69, 9.17) is 0 Å². The van der Waals surface area contributed by atoms with Gasteiger partial charge in [0.15, 0.2) is 0 Å². The molecule has 0 N–H and O–H groups in total. The Labute approximate surface area is 114 Å². The molecule has 3 nitrogen and oxygen atoms in total. The smallest absolute Gasteiger partial charge is 0.234 e. The van der Waals surface area contributed by atoms with Crippen molar-refractivity contribution in [3.05, 3.63) is 0 Å². The van der Waals surface area contributed by atoms with E-state index in [0.717, 1.165) is 30.6 Å². The number of fused-ring (bicyclic) bond motifs is 7. The second-order valence-corrected chi connectivity index (χ2v) is 7.26. The number of hydrogen-bond acceptors (Lipinski definition) is 2. The summed E-state index contributed by atoms with van der Waals surface area (Å²) in [6.07, 6.45) is 6.01. The van der Waals surface area contributed by atoms with Crippen molar-refractivity contribution in [1.82, 2.24) is 4.90 Å². The van der Waals surface area contributed by atoms with Gasteiger partial charge in [-0.05, 0) is 55.8 Å². The van der Waals surface area contributed by atoms with Crippen LogP contribution >= 0.6 is 0 Å². The number of likely N-dealkylation sites (tertiary alicyclic amines) is 1. The Bertz CT molecular complexity index is 446. The molecule has 0 aromatic heterocycles. The van der Waals surface area contributed by atoms with E-state index in [-0.39, 0.29) is 29.7 Å². The standard InChI is InChI=1S/C16H23NO2/c1-3-8(2)15(18)17-14-12(16(17)19)7-11-9-4-5-10(6-9)13(11)14/h8-14H,3-7H2,1-2H3. The van der Waals surface area contributed by atoms with Crippen molar-refractivity contribution in [2.24, 2.45) is 35.5 Å². The van der Waals surface area contributed by atoms with Crippen LogP contribution in [0, 0.1) is 35.5 Å². The molecule has 4 aliphatic rings. The summed E-state index contributed by atoms with van der Waals surface area (Å²) in [6.45, 7) is 3.98. The molecule has 3 saturated carbocycles. The minimum atomic E-state index is 0.00235. The number of amides is 2. The zero-order chi connectivity index (χ0) is 13.3. The summed E-state index contributed by atoms with van der Waals surface area (Å²) >= 11 is 0. The lowest BCUT2D eigenvalue weighted by Gasteiger charge is -2.46. The van der Waals surface area contributed by atoms with Crippen LogP contribution in [-0.2, 0) is 9.59 Å². The molecule has 1 heterocycles. The van der Waals surface area contributed by atoms with E-state index in [1.165, 1.54) is 19.3 Å². The molecular weight excluding hydrogens is 238 g/mol. The summed E-state index contributed by atoms with van der Waals surface area (Å²) in [4.78, 5) is 26.4. The molecule has 7 atom stereocenters. The Morgan fingerprint density at radius 2 is 2.05 bits per heavy atom. The number of carbonyl (C=O) groups is 2. The van der Waals surface area contributed by atoms with Gasteiger partial charge in [-0.3, -0.25) is 14.5 Å². The van der Waals surface area contributed by atoms with E-state index >= 15 is 0 Å². The Hall–Kier alpha value is -0.860. The van der Waals surface area contributed by atoms with Crippen molar-refractivity contribution in [2.75, 3.05) is 0 Å². The van der Waals surface area contributed by atoms with Crippen LogP contribution < -0.4 is 0 Å². The predicted octanol–water partition coefficient (Wildman–Crippen LogP) is 2.45. The number of hydrogen-bond donors (Lipinski definition) is 0. The van der Waals surface area contributed by atoms with Crippen molar-refractivity contribution in [2.45, 2.75) is 52.0 Å². The fourth-order valence-electron chi connectivity index (χ4n) is 5.55. The van der Waals surface area contributed by atoms with E-state index in [1.54, 1.807) is 4.90 Å². The lowest BCUT2D eigenvalue weighted by Crippen LogP contribution is -2.64. The highest BCUT2D eigenvalue weighted by Gasteiger charge is 2.66. The topological polar surface area (TPSA) is 37.4 Å². The molecule has 0 aromatic carbocycles. The summed E-state index contributed by atoms with van der Waals surface area (Å²) in [5.41, 5.74) is 0. The molecule has 4 fully saturated rings. The quantitative estimate of drug-likeness (QED) is 0.716. The van der Waals surface area contributed by atoms with Crippen LogP contribution in [0.15, 0.2) is 0 Å². The molecule has 2 amide bonds. The van der Waals surface area contributed by atoms with Crippen LogP contribution in [0.5, 0.6) is 0 Å². The average molecular weight is 261 g/mol. The van der Waals surface area contributed by atoms with Gasteiger partial charge in [0.1, 0.15) is 0 Å². The molecule has 1 aliphatic heterocycles. The van der Waals surface area contributed by atoms with Crippen LogP contribution in [0.4, 0.5) is 0 Å². The van der Waals surface area contributed by atoms with Gasteiger partial charge in [0.05, 0.1) is 12.0 Å². The van der Waals surface area contributed by atoms with Gasteiger partial charge in [-0.25, -0.2) is 0 Å². The van der Waals surface area contributed by atoms with Gasteiger partial charge < -0.3 is 0 Å². The van der Waals surface area contributed by atoms with E-state index in [0.29, 0.717) is 5.92 Å². The van der Waals surface area contributed by atoms with E-state index < -0.39 is 0 Å². The number of rotatable bonds is 2. The van der Waals surface area contributed by atoms with E-state index in [1.807, 2.05) is 13.8 Å². The SMILES string of the molecule is CCC(C)C(=O)N1C(=O)C2CC3C4CCC(C4)C3C21. The zero-order valence-corrected chi connectivity index (χ0v) is 11.8. The summed E-state index contributed by atoms with van der Waals surface area (Å²) < 4.78 is 0. The highest BCUT2D eigenvalue weighted by atomic mass is 16.2. The van der Waals surface area contributed by atoms with Gasteiger partial charge in [-0.1, -0.05) is 13.8 Å². The largest absolute Gasteiger partial charge is 0.278 e. The van der Waals surface area contributed by atoms with Gasteiger partial charge >= 0.3 is 0 Å². The third-order valence-electron chi connectivity index (χ3n) is 6.61. The molecule has 104 valence electrons. The molecule has 1 saturated heterocycles. The lowest BCUT2D eigenvalue weighted by atomic mass is 9.77. The zero-order valence-electron chi connectivity index (χ0n) is 11.8. The molecule has 3 heteroatoms. The Balaban J connectivity index is 1.60. The van der Waals surface area contributed by atoms with Crippen LogP contribution in [0.25, 0.3) is 0 Å². The van der Waals surface area contributed by atoms with Crippen molar-refractivity contribution in [3.8, 4) is 0 Å². The van der Waals surface area contributed by atoms with Crippen molar-refractivity contribution in [3.63, 3.8) is 0 Å². The average Bonchev–Trinajstić information content (AvgIpc) is 3.07. The first-order valence-electron chi connectivity index (χ1n) is 8.00. The summed E-state index contributed by atoms with van der Waals surface area (Å²) in [5, 5.41) is 0. The van der Waals surface area contributed by atoms with E-state index in [9.17, 15) is 9.59 Å². The number of carbonyl (C=O) groups excluding carboxylic acids is 2. The molecule has 2 bridgehead atoms. The summed E-state index contributed by atoms with van der Waals surface area (Å²) in [7, 11) is 0. The molecule has 0 spiro atoms. The summed E-state index contributed by atoms with van der Waals surface area (Å²) in [5.74, 6) is 3.54. The maximum Gasteiger partial charge on any atom is 0.234 e. The summed E-state index contributed by atoms with van der Waals surface area (Å²) in [6, 6.07) is 0.286. The third-order valence-corrected chi connectivity index (χ3v) is 6.61. The van der Waals surface area contributed by atoms with E-state index in [2.05, 4.69) is 0 Å². The van der Waals surface area contributed by atoms with Gasteiger partial charge in [-0.15, -0.1) is 0 Å². The predicted molar refractivity (Wildman–Crippen MR) is 71.0 cm³/mol. The highest BCUT2D eigenvalue weighted by Crippen LogP contribution is 2.63. The number of imide groups is 1. The van der Waals surface area contributed by atoms with Gasteiger partial charge in [0.25, 0.3) is 0 Å². The first-order chi connectivity index (χ1) is 9.13. The first-order valence-corrected chi connectivity index (χ1v) is 8.00. The molecule has 0 aromatic rings. The maximum atomic E-state index is 12.4. The first kappa shape index (κ1) is 11.9. The minimum absolute atomic E-state index is 0.00235. The Kier molecular flexibility index (Phi) is 2.40. The van der Waals surface area contributed by atoms with Gasteiger partial charge in [0.2, 0.25) is 11.8 Å². The van der Waals surface area contributed by atoms with Gasteiger partial charge in [-0.2, -0.15) is 0 Å². The molecule has 7 unspecified atom stereocenters. The third kappa shape index (κ3) is 1.34. The fourth-order valence-corrected chi connectivity index (χ4v) is 5.55. The van der Waals surface area contributed by atoms with Crippen LogP contribution in [-0.4, -0.2) is 22.8 Å². The van der Waals surface area contributed by atoms with Gasteiger partial charge in [0, 0.05) is 5.92 Å². The van der Waals surface area contributed by atoms with Crippen molar-refractivity contribution in [1.29, 1.82) is 0 Å². The second kappa shape index (κ2) is 3.83. The van der Waals surface area contributed by atoms with Crippen molar-refractivity contribution < 1.29 is 9.59 Å². The van der Waals surface area contributed by atoms with Crippen LogP contribution in [0.3, 0.4) is 0 Å². The molecule has 3 aliphatic carbocycles. The Morgan fingerprint density at radius 1 is 1.32 bits per heavy atom. The number of β-lactam (4-membered cyclic amide) rings is 1. The maximum absolute atomic E-state index is 12.4. The highest BCUT2D eigenvalue weighted by molar-refractivity contribution is 6.03. The second-order valence-electron chi connectivity index (χ2n) is 7.26. The fraction of sp³-hybridized carbons (Fsp3) is 0.875. The van der Waals surface area contributed by atoms with Crippen LogP contribution in [0.2, 0.25) is 0 Å². The monoisotopic (exact) mass is 261 g/mol.